The van der Waals surface area contributed by atoms with Gasteiger partial charge in [-0.15, -0.1) is 0 Å². The Bertz CT molecular complexity index is 770. The summed E-state index contributed by atoms with van der Waals surface area (Å²) in [4.78, 5) is 13.6. The summed E-state index contributed by atoms with van der Waals surface area (Å²) in [7, 11) is 0. The van der Waals surface area contributed by atoms with Crippen molar-refractivity contribution in [2.75, 3.05) is 6.61 Å². The molecule has 0 spiro atoms. The minimum Gasteiger partial charge on any atom is -0.392 e. The van der Waals surface area contributed by atoms with Crippen molar-refractivity contribution in [3.63, 3.8) is 0 Å². The van der Waals surface area contributed by atoms with E-state index in [1.54, 1.807) is 34.6 Å². The first-order chi connectivity index (χ1) is 12.7. The molecule has 5 N–H and O–H groups in total. The standard InChI is InChI=1S/C21H32O7.2Ac/c1-9-11(22)7-21(27)10(2)16-19(5,12(23)6-13-20(16,26)8-28-13)17(25)15(24)14(9)18(21,3)4;;/h10-13,15-16,22-24,26-27H,6-8H2,1-5H3;;/t10-,11?,12-,13+,15+,16-,19+,20-,21+;;/m0../s1. The van der Waals surface area contributed by atoms with Gasteiger partial charge in [-0.2, -0.15) is 0 Å². The summed E-state index contributed by atoms with van der Waals surface area (Å²) in [6.45, 7) is 8.58. The molecule has 2 bridgehead atoms. The molecule has 1 aliphatic heterocycles. The van der Waals surface area contributed by atoms with Crippen molar-refractivity contribution in [3.05, 3.63) is 11.1 Å². The van der Waals surface area contributed by atoms with Gasteiger partial charge < -0.3 is 30.3 Å². The Hall–Kier alpha value is 2.05. The molecule has 0 aromatic heterocycles. The first kappa shape index (κ1) is 28.3. The van der Waals surface area contributed by atoms with Crippen LogP contribution >= 0.6 is 0 Å². The van der Waals surface area contributed by atoms with Crippen molar-refractivity contribution in [2.24, 2.45) is 22.7 Å². The number of ether oxygens (including phenoxy) is 1. The summed E-state index contributed by atoms with van der Waals surface area (Å²) in [5, 5.41) is 56.1. The second kappa shape index (κ2) is 8.62. The second-order valence-corrected chi connectivity index (χ2v) is 10.2. The molecule has 2 radical (unpaired) electrons. The fourth-order valence-electron chi connectivity index (χ4n) is 7.00. The predicted molar refractivity (Wildman–Crippen MR) is 99.1 cm³/mol. The Morgan fingerprint density at radius 2 is 1.63 bits per heavy atom. The van der Waals surface area contributed by atoms with E-state index < -0.39 is 64.1 Å². The summed E-state index contributed by atoms with van der Waals surface area (Å²) < 4.78 is 5.49. The molecule has 4 aliphatic rings. The Morgan fingerprint density at radius 3 is 2.13 bits per heavy atom. The molecule has 0 amide bonds. The van der Waals surface area contributed by atoms with Crippen LogP contribution in [0.2, 0.25) is 0 Å². The molecule has 3 aliphatic carbocycles. The van der Waals surface area contributed by atoms with Crippen LogP contribution in [0.3, 0.4) is 0 Å². The van der Waals surface area contributed by atoms with E-state index in [0.717, 1.165) is 0 Å². The number of carbonyl (C=O) groups is 1. The van der Waals surface area contributed by atoms with E-state index in [0.29, 0.717) is 11.1 Å². The van der Waals surface area contributed by atoms with Gasteiger partial charge >= 0.3 is 0 Å². The Labute approximate surface area is 249 Å². The molecule has 9 heteroatoms. The zero-order valence-electron chi connectivity index (χ0n) is 18.3. The molecular weight excluding hydrogens is 818 g/mol. The minimum absolute atomic E-state index is 0. The van der Waals surface area contributed by atoms with Gasteiger partial charge in [0.15, 0.2) is 5.78 Å². The summed E-state index contributed by atoms with van der Waals surface area (Å²) >= 11 is 0. The normalized spacial score (nSPS) is 51.9. The molecule has 30 heavy (non-hydrogen) atoms. The molecule has 164 valence electrons. The van der Waals surface area contributed by atoms with Crippen LogP contribution in [0.5, 0.6) is 0 Å². The average molecular weight is 850 g/mol. The van der Waals surface area contributed by atoms with Gasteiger partial charge in [0.25, 0.3) is 0 Å². The smallest absolute Gasteiger partial charge is 0.174 e. The number of ketones is 1. The van der Waals surface area contributed by atoms with Crippen LogP contribution in [0.15, 0.2) is 11.1 Å². The molecule has 7 nitrogen and oxygen atoms in total. The molecule has 9 atom stereocenters. The first-order valence-electron chi connectivity index (χ1n) is 10.1. The first-order valence-corrected chi connectivity index (χ1v) is 10.1. The summed E-state index contributed by atoms with van der Waals surface area (Å²) in [5.41, 5.74) is -4.54. The van der Waals surface area contributed by atoms with Gasteiger partial charge in [0.05, 0.1) is 35.9 Å². The number of fused-ring (bicyclic) bond motifs is 5. The van der Waals surface area contributed by atoms with Gasteiger partial charge in [-0.1, -0.05) is 20.8 Å². The maximum absolute atomic E-state index is 13.6. The van der Waals surface area contributed by atoms with E-state index in [2.05, 4.69) is 0 Å². The van der Waals surface area contributed by atoms with Crippen LogP contribution in [-0.2, 0) is 9.53 Å². The molecule has 2 saturated carbocycles. The largest absolute Gasteiger partial charge is 0.392 e. The quantitative estimate of drug-likeness (QED) is 0.216. The SMILES string of the molecule is CC1=C2[C@@H](O)C(=O)[C@@]3(C)[C@H]([C@H](C)[C@](O)(CC1O)C2(C)C)[C@]1(O)CO[C@@H]1C[C@@H]3O.[Ac].[Ac]. The predicted octanol–water partition coefficient (Wildman–Crippen LogP) is -0.0785. The zero-order valence-corrected chi connectivity index (χ0v) is 27.8. The molecule has 3 fully saturated rings. The van der Waals surface area contributed by atoms with Gasteiger partial charge in [0.1, 0.15) is 11.7 Å². The third-order valence-electron chi connectivity index (χ3n) is 8.88. The van der Waals surface area contributed by atoms with Crippen molar-refractivity contribution >= 4 is 5.78 Å². The molecule has 4 rings (SSSR count). The summed E-state index contributed by atoms with van der Waals surface area (Å²) in [6, 6.07) is 0. The molecular formula is C21H32Ac2O7. The number of Topliss-reactive ketones (excluding diaryl/α,β-unsaturated/α-hetero) is 1. The zero-order chi connectivity index (χ0) is 21.0. The van der Waals surface area contributed by atoms with Crippen LogP contribution in [0.25, 0.3) is 0 Å². The van der Waals surface area contributed by atoms with Crippen LogP contribution in [0.4, 0.5) is 0 Å². The van der Waals surface area contributed by atoms with Gasteiger partial charge in [-0.3, -0.25) is 4.79 Å². The van der Waals surface area contributed by atoms with Crippen LogP contribution in [0.1, 0.15) is 47.5 Å². The summed E-state index contributed by atoms with van der Waals surface area (Å²) in [6.07, 6.45) is -4.20. The fourth-order valence-corrected chi connectivity index (χ4v) is 7.00. The van der Waals surface area contributed by atoms with Crippen molar-refractivity contribution in [1.29, 1.82) is 0 Å². The van der Waals surface area contributed by atoms with Gasteiger partial charge in [-0.25, -0.2) is 0 Å². The molecule has 1 saturated heterocycles. The average Bonchev–Trinajstić information content (AvgIpc) is 2.60. The minimum atomic E-state index is -1.58. The van der Waals surface area contributed by atoms with E-state index in [4.69, 9.17) is 4.74 Å². The molecule has 0 aromatic carbocycles. The third-order valence-corrected chi connectivity index (χ3v) is 8.88. The number of aliphatic hydroxyl groups excluding tert-OH is 3. The van der Waals surface area contributed by atoms with Crippen molar-refractivity contribution in [1.82, 2.24) is 0 Å². The molecule has 0 aromatic rings. The van der Waals surface area contributed by atoms with E-state index in [9.17, 15) is 30.3 Å². The van der Waals surface area contributed by atoms with Crippen molar-refractivity contribution in [3.8, 4) is 0 Å². The monoisotopic (exact) mass is 850 g/mol. The Morgan fingerprint density at radius 1 is 1.07 bits per heavy atom. The van der Waals surface area contributed by atoms with Gasteiger partial charge in [0, 0.05) is 112 Å². The van der Waals surface area contributed by atoms with Crippen LogP contribution in [0, 0.1) is 111 Å². The van der Waals surface area contributed by atoms with Crippen molar-refractivity contribution in [2.45, 2.75) is 83.1 Å². The number of hydrogen-bond acceptors (Lipinski definition) is 7. The number of aliphatic hydroxyl groups is 5. The van der Waals surface area contributed by atoms with E-state index in [1.807, 2.05) is 0 Å². The van der Waals surface area contributed by atoms with E-state index >= 15 is 0 Å². The van der Waals surface area contributed by atoms with Crippen LogP contribution in [-0.4, -0.2) is 73.5 Å². The molecule has 1 heterocycles. The number of hydrogen-bond donors (Lipinski definition) is 5. The van der Waals surface area contributed by atoms with E-state index in [-0.39, 0.29) is 108 Å². The molecule has 1 unspecified atom stereocenters. The summed E-state index contributed by atoms with van der Waals surface area (Å²) in [5.74, 6) is -2.05. The van der Waals surface area contributed by atoms with Crippen LogP contribution < -0.4 is 0 Å². The number of carbonyl (C=O) groups excluding carboxylic acids is 1. The Kier molecular flexibility index (Phi) is 8.13. The van der Waals surface area contributed by atoms with E-state index in [1.165, 1.54) is 0 Å². The Balaban J connectivity index is 0.00000160. The second-order valence-electron chi connectivity index (χ2n) is 10.2. The maximum atomic E-state index is 13.6. The van der Waals surface area contributed by atoms with Crippen molar-refractivity contribution < 1.29 is 123 Å². The number of rotatable bonds is 0. The third kappa shape index (κ3) is 3.27. The van der Waals surface area contributed by atoms with Gasteiger partial charge in [-0.05, 0) is 30.9 Å². The topological polar surface area (TPSA) is 127 Å². The van der Waals surface area contributed by atoms with Gasteiger partial charge in [0.2, 0.25) is 0 Å². The fraction of sp³-hybridized carbons (Fsp3) is 0.857. The maximum Gasteiger partial charge on any atom is 0.174 e.